The van der Waals surface area contributed by atoms with Crippen LogP contribution in [0.3, 0.4) is 0 Å². The van der Waals surface area contributed by atoms with Gasteiger partial charge in [0.25, 0.3) is 0 Å². The van der Waals surface area contributed by atoms with Gasteiger partial charge in [-0.1, -0.05) is 5.92 Å². The molecule has 0 saturated carbocycles. The van der Waals surface area contributed by atoms with Crippen molar-refractivity contribution in [1.82, 2.24) is 0 Å². The predicted octanol–water partition coefficient (Wildman–Crippen LogP) is -0.851. The molecule has 0 aromatic heterocycles. The van der Waals surface area contributed by atoms with E-state index < -0.39 is 48.6 Å². The molecule has 1 aliphatic heterocycles. The normalized spacial score (nSPS) is 29.2. The Morgan fingerprint density at radius 3 is 2.12 bits per heavy atom. The fourth-order valence-electron chi connectivity index (χ4n) is 2.21. The Kier molecular flexibility index (Phi) is 7.64. The summed E-state index contributed by atoms with van der Waals surface area (Å²) in [6, 6.07) is 0. The summed E-state index contributed by atoms with van der Waals surface area (Å²) in [7, 11) is 0. The molecule has 1 saturated heterocycles. The Morgan fingerprint density at radius 2 is 1.62 bits per heavy atom. The van der Waals surface area contributed by atoms with Crippen LogP contribution in [-0.2, 0) is 38.1 Å². The second kappa shape index (κ2) is 9.22. The van der Waals surface area contributed by atoms with E-state index in [0.717, 1.165) is 13.8 Å². The first kappa shape index (κ1) is 19.9. The van der Waals surface area contributed by atoms with Crippen LogP contribution < -0.4 is 0 Å². The highest BCUT2D eigenvalue weighted by molar-refractivity contribution is 5.67. The third kappa shape index (κ3) is 5.81. The summed E-state index contributed by atoms with van der Waals surface area (Å²) in [4.78, 5) is 33.6. The Hall–Kier alpha value is -2.15. The molecule has 0 aromatic carbocycles. The van der Waals surface area contributed by atoms with Gasteiger partial charge in [0.05, 0.1) is 0 Å². The second-order valence-electron chi connectivity index (χ2n) is 5.00. The van der Waals surface area contributed by atoms with E-state index in [2.05, 4.69) is 5.92 Å². The van der Waals surface area contributed by atoms with Crippen molar-refractivity contribution in [1.29, 1.82) is 0 Å². The van der Waals surface area contributed by atoms with Crippen LogP contribution in [0.2, 0.25) is 0 Å². The smallest absolute Gasteiger partial charge is 0.303 e. The van der Waals surface area contributed by atoms with E-state index in [9.17, 15) is 19.5 Å². The summed E-state index contributed by atoms with van der Waals surface area (Å²) < 4.78 is 25.6. The van der Waals surface area contributed by atoms with E-state index in [-0.39, 0.29) is 13.2 Å². The lowest BCUT2D eigenvalue weighted by molar-refractivity contribution is -0.299. The largest absolute Gasteiger partial charge is 0.463 e. The molecule has 1 rings (SSSR count). The molecule has 0 amide bonds. The first-order chi connectivity index (χ1) is 11.3. The minimum absolute atomic E-state index is 0.187. The Bertz CT molecular complexity index is 510. The lowest BCUT2D eigenvalue weighted by Gasteiger charge is -2.42. The molecule has 0 bridgehead atoms. The highest BCUT2D eigenvalue weighted by Crippen LogP contribution is 2.27. The van der Waals surface area contributed by atoms with Crippen LogP contribution in [0.15, 0.2) is 0 Å². The average Bonchev–Trinajstić information content (AvgIpc) is 2.47. The number of hydrogen-bond acceptors (Lipinski definition) is 9. The van der Waals surface area contributed by atoms with Crippen molar-refractivity contribution in [2.75, 3.05) is 13.2 Å². The van der Waals surface area contributed by atoms with Crippen molar-refractivity contribution < 1.29 is 43.2 Å². The quantitative estimate of drug-likeness (QED) is 0.373. The molecular formula is C15H20O9. The van der Waals surface area contributed by atoms with Crippen LogP contribution in [0.1, 0.15) is 20.8 Å². The number of rotatable bonds is 6. The lowest BCUT2D eigenvalue weighted by Crippen LogP contribution is -2.62. The Labute approximate surface area is 139 Å². The van der Waals surface area contributed by atoms with Crippen LogP contribution in [0, 0.1) is 12.3 Å². The molecule has 0 radical (unpaired) electrons. The number of aliphatic hydroxyl groups is 1. The van der Waals surface area contributed by atoms with Gasteiger partial charge in [-0.2, -0.15) is 0 Å². The van der Waals surface area contributed by atoms with E-state index in [4.69, 9.17) is 30.1 Å². The van der Waals surface area contributed by atoms with Crippen LogP contribution in [-0.4, -0.2) is 66.9 Å². The summed E-state index contributed by atoms with van der Waals surface area (Å²) >= 11 is 0. The van der Waals surface area contributed by atoms with Gasteiger partial charge in [0.15, 0.2) is 18.5 Å². The Balaban J connectivity index is 3.06. The number of aliphatic hydroxyl groups excluding tert-OH is 1. The maximum absolute atomic E-state index is 11.4. The minimum Gasteiger partial charge on any atom is -0.463 e. The van der Waals surface area contributed by atoms with E-state index >= 15 is 0 Å². The third-order valence-electron chi connectivity index (χ3n) is 3.02. The first-order valence-corrected chi connectivity index (χ1v) is 7.12. The monoisotopic (exact) mass is 344 g/mol. The summed E-state index contributed by atoms with van der Waals surface area (Å²) in [6.45, 7) is 3.00. The molecule has 24 heavy (non-hydrogen) atoms. The molecule has 1 N–H and O–H groups in total. The van der Waals surface area contributed by atoms with Gasteiger partial charge in [0.1, 0.15) is 25.4 Å². The number of esters is 3. The molecule has 0 aliphatic carbocycles. The molecule has 1 aliphatic rings. The van der Waals surface area contributed by atoms with Crippen LogP contribution in [0.4, 0.5) is 0 Å². The van der Waals surface area contributed by atoms with E-state index in [1.54, 1.807) is 0 Å². The van der Waals surface area contributed by atoms with Crippen molar-refractivity contribution in [3.63, 3.8) is 0 Å². The zero-order valence-electron chi connectivity index (χ0n) is 13.6. The molecule has 134 valence electrons. The number of carbonyl (C=O) groups is 3. The van der Waals surface area contributed by atoms with Crippen LogP contribution >= 0.6 is 0 Å². The summed E-state index contributed by atoms with van der Waals surface area (Å²) in [5, 5.41) is 10.1. The predicted molar refractivity (Wildman–Crippen MR) is 77.2 cm³/mol. The van der Waals surface area contributed by atoms with Gasteiger partial charge in [-0.25, -0.2) is 0 Å². The first-order valence-electron chi connectivity index (χ1n) is 7.12. The van der Waals surface area contributed by atoms with Crippen LogP contribution in [0.5, 0.6) is 0 Å². The lowest BCUT2D eigenvalue weighted by atomic mass is 9.98. The number of carbonyl (C=O) groups excluding carboxylic acids is 3. The maximum atomic E-state index is 11.4. The average molecular weight is 344 g/mol. The molecule has 0 aromatic rings. The molecule has 1 fully saturated rings. The third-order valence-corrected chi connectivity index (χ3v) is 3.02. The van der Waals surface area contributed by atoms with Crippen molar-refractivity contribution in [2.24, 2.45) is 0 Å². The van der Waals surface area contributed by atoms with E-state index in [1.165, 1.54) is 6.92 Å². The van der Waals surface area contributed by atoms with E-state index in [0.29, 0.717) is 0 Å². The van der Waals surface area contributed by atoms with Gasteiger partial charge in [-0.3, -0.25) is 14.4 Å². The van der Waals surface area contributed by atoms with Crippen molar-refractivity contribution in [3.05, 3.63) is 0 Å². The van der Waals surface area contributed by atoms with Crippen molar-refractivity contribution in [3.8, 4) is 12.3 Å². The van der Waals surface area contributed by atoms with Crippen LogP contribution in [0.25, 0.3) is 0 Å². The zero-order chi connectivity index (χ0) is 18.3. The maximum Gasteiger partial charge on any atom is 0.303 e. The number of ether oxygens (including phenoxy) is 5. The topological polar surface area (TPSA) is 118 Å². The minimum atomic E-state index is -1.58. The molecule has 1 heterocycles. The standard InChI is InChI=1S/C15H20O9/c1-5-6-20-13-12(22-9(3)17)11(7-21-8(2)16)24-15(19)14(13)23-10(4)18/h1,11-15,19H,6-7H2,2-4H3/t11-,12+,13+,14-,15-/m1/s1. The molecule has 5 atom stereocenters. The highest BCUT2D eigenvalue weighted by Gasteiger charge is 2.50. The SMILES string of the molecule is C#CCO[C@@H]1[C@@H](OC(C)=O)[C@H](O)O[C@H](COC(C)=O)[C@@H]1OC(C)=O. The second-order valence-corrected chi connectivity index (χ2v) is 5.00. The van der Waals surface area contributed by atoms with Gasteiger partial charge in [0.2, 0.25) is 0 Å². The van der Waals surface area contributed by atoms with Gasteiger partial charge < -0.3 is 28.8 Å². The summed E-state index contributed by atoms with van der Waals surface area (Å²) in [5.41, 5.74) is 0. The number of hydrogen-bond donors (Lipinski definition) is 1. The molecule has 0 unspecified atom stereocenters. The van der Waals surface area contributed by atoms with Crippen molar-refractivity contribution in [2.45, 2.75) is 51.5 Å². The molecular weight excluding hydrogens is 324 g/mol. The highest BCUT2D eigenvalue weighted by atomic mass is 16.7. The molecule has 9 nitrogen and oxygen atoms in total. The van der Waals surface area contributed by atoms with E-state index in [1.807, 2.05) is 0 Å². The fourth-order valence-corrected chi connectivity index (χ4v) is 2.21. The number of terminal acetylenes is 1. The Morgan fingerprint density at radius 1 is 1.04 bits per heavy atom. The van der Waals surface area contributed by atoms with Gasteiger partial charge in [-0.15, -0.1) is 6.42 Å². The molecule has 0 spiro atoms. The summed E-state index contributed by atoms with van der Waals surface area (Å²) in [5.74, 6) is 0.286. The summed E-state index contributed by atoms with van der Waals surface area (Å²) in [6.07, 6.45) is -0.929. The van der Waals surface area contributed by atoms with Gasteiger partial charge in [-0.05, 0) is 0 Å². The fraction of sp³-hybridized carbons (Fsp3) is 0.667. The zero-order valence-corrected chi connectivity index (χ0v) is 13.6. The molecule has 9 heteroatoms. The van der Waals surface area contributed by atoms with Gasteiger partial charge >= 0.3 is 17.9 Å². The van der Waals surface area contributed by atoms with Gasteiger partial charge in [0, 0.05) is 20.8 Å². The van der Waals surface area contributed by atoms with Crippen molar-refractivity contribution >= 4 is 17.9 Å².